The molecule has 0 aliphatic rings. The zero-order chi connectivity index (χ0) is 15.7. The van der Waals surface area contributed by atoms with E-state index in [0.29, 0.717) is 0 Å². The third-order valence-corrected chi connectivity index (χ3v) is 2.63. The van der Waals surface area contributed by atoms with Crippen molar-refractivity contribution in [3.8, 4) is 0 Å². The number of hydrogen-bond acceptors (Lipinski definition) is 5. The van der Waals surface area contributed by atoms with E-state index in [1.807, 2.05) is 13.8 Å². The van der Waals surface area contributed by atoms with Crippen LogP contribution in [-0.2, 0) is 23.8 Å². The first-order valence-corrected chi connectivity index (χ1v) is 6.74. The van der Waals surface area contributed by atoms with Crippen molar-refractivity contribution in [2.24, 2.45) is 0 Å². The molecule has 0 aromatic rings. The number of carboxylic acid groups (broad SMARTS) is 1. The van der Waals surface area contributed by atoms with Crippen molar-refractivity contribution in [2.75, 3.05) is 13.2 Å². The smallest absolute Gasteiger partial charge is 0.479 e. The van der Waals surface area contributed by atoms with Gasteiger partial charge in [0, 0.05) is 13.2 Å². The van der Waals surface area contributed by atoms with Gasteiger partial charge in [0.05, 0.1) is 0 Å². The number of ether oxygens (including phenoxy) is 1. The van der Waals surface area contributed by atoms with E-state index in [1.165, 1.54) is 6.92 Å². The highest BCUT2D eigenvalue weighted by atomic mass is 32.2. The lowest BCUT2D eigenvalue weighted by Gasteiger charge is -2.12. The molecule has 0 bridgehead atoms. The summed E-state index contributed by atoms with van der Waals surface area (Å²) in [6.45, 7) is 6.85. The molecule has 0 heterocycles. The van der Waals surface area contributed by atoms with Gasteiger partial charge in [-0.1, -0.05) is 6.92 Å². The Morgan fingerprint density at radius 1 is 1.21 bits per heavy atom. The number of hydrogen-bond donors (Lipinski definition) is 1. The second-order valence-electron chi connectivity index (χ2n) is 3.01. The molecule has 116 valence electrons. The molecule has 10 heteroatoms. The average Bonchev–Trinajstić information content (AvgIpc) is 2.26. The van der Waals surface area contributed by atoms with Crippen LogP contribution in [0.25, 0.3) is 0 Å². The molecule has 6 nitrogen and oxygen atoms in total. The third kappa shape index (κ3) is 8.78. The largest absolute Gasteiger partial charge is 0.523 e. The fraction of sp³-hybridized carbons (Fsp3) is 0.889. The van der Waals surface area contributed by atoms with Crippen LogP contribution in [0.5, 0.6) is 0 Å². The van der Waals surface area contributed by atoms with Crippen molar-refractivity contribution in [3.05, 3.63) is 0 Å². The van der Waals surface area contributed by atoms with Crippen molar-refractivity contribution in [2.45, 2.75) is 38.8 Å². The van der Waals surface area contributed by atoms with Crippen LogP contribution in [0, 0.1) is 0 Å². The summed E-state index contributed by atoms with van der Waals surface area (Å²) < 4.78 is 64.0. The molecule has 0 saturated heterocycles. The maximum absolute atomic E-state index is 11.7. The van der Waals surface area contributed by atoms with E-state index < -0.39 is 27.7 Å². The Labute approximate surface area is 109 Å². The van der Waals surface area contributed by atoms with Crippen molar-refractivity contribution < 1.29 is 40.4 Å². The van der Waals surface area contributed by atoms with E-state index in [1.54, 1.807) is 0 Å². The van der Waals surface area contributed by atoms with Gasteiger partial charge >= 0.3 is 21.6 Å². The predicted molar refractivity (Wildman–Crippen MR) is 59.9 cm³/mol. The molecule has 0 saturated carbocycles. The lowest BCUT2D eigenvalue weighted by atomic mass is 10.3. The molecule has 1 unspecified atom stereocenters. The highest BCUT2D eigenvalue weighted by Gasteiger charge is 2.49. The molecule has 0 amide bonds. The van der Waals surface area contributed by atoms with Gasteiger partial charge in [-0.25, -0.2) is 8.98 Å². The SMILES string of the molecule is CCC(OS(=O)(=O)C(F)(F)F)C(=O)O.CCOCC. The van der Waals surface area contributed by atoms with E-state index in [2.05, 4.69) is 4.18 Å². The molecule has 0 fully saturated rings. The number of alkyl halides is 3. The van der Waals surface area contributed by atoms with Crippen molar-refractivity contribution in [3.63, 3.8) is 0 Å². The van der Waals surface area contributed by atoms with Crippen LogP contribution in [0.1, 0.15) is 27.2 Å². The van der Waals surface area contributed by atoms with Crippen LogP contribution in [0.2, 0.25) is 0 Å². The molecule has 0 aliphatic heterocycles. The number of aliphatic carboxylic acids is 1. The Morgan fingerprint density at radius 2 is 1.63 bits per heavy atom. The molecule has 0 rings (SSSR count). The Bertz CT molecular complexity index is 349. The highest BCUT2D eigenvalue weighted by molar-refractivity contribution is 7.87. The van der Waals surface area contributed by atoms with Crippen LogP contribution in [0.4, 0.5) is 13.2 Å². The Balaban J connectivity index is 0. The van der Waals surface area contributed by atoms with Crippen LogP contribution < -0.4 is 0 Å². The number of rotatable bonds is 6. The van der Waals surface area contributed by atoms with E-state index in [-0.39, 0.29) is 6.42 Å². The summed E-state index contributed by atoms with van der Waals surface area (Å²) in [5.41, 5.74) is -5.60. The minimum atomic E-state index is -5.83. The topological polar surface area (TPSA) is 89.9 Å². The summed E-state index contributed by atoms with van der Waals surface area (Å²) in [5.74, 6) is -1.76. The quantitative estimate of drug-likeness (QED) is 0.594. The van der Waals surface area contributed by atoms with Gasteiger partial charge in [0.25, 0.3) is 0 Å². The van der Waals surface area contributed by atoms with Crippen molar-refractivity contribution in [1.82, 2.24) is 0 Å². The monoisotopic (exact) mass is 310 g/mol. The van der Waals surface area contributed by atoms with Gasteiger partial charge in [-0.3, -0.25) is 0 Å². The summed E-state index contributed by atoms with van der Waals surface area (Å²) in [7, 11) is -5.83. The van der Waals surface area contributed by atoms with Gasteiger partial charge in [-0.2, -0.15) is 21.6 Å². The van der Waals surface area contributed by atoms with Crippen LogP contribution >= 0.6 is 0 Å². The lowest BCUT2D eigenvalue weighted by Crippen LogP contribution is -2.33. The first kappa shape index (κ1) is 20.4. The van der Waals surface area contributed by atoms with Gasteiger partial charge in [0.2, 0.25) is 0 Å². The van der Waals surface area contributed by atoms with E-state index in [9.17, 15) is 26.4 Å². The van der Waals surface area contributed by atoms with Gasteiger partial charge < -0.3 is 9.84 Å². The normalized spacial score (nSPS) is 13.4. The first-order chi connectivity index (χ1) is 8.53. The maximum atomic E-state index is 11.7. The number of carboxylic acids is 1. The summed E-state index contributed by atoms with van der Waals surface area (Å²) in [5, 5.41) is 8.25. The molecular weight excluding hydrogens is 293 g/mol. The highest BCUT2D eigenvalue weighted by Crippen LogP contribution is 2.26. The predicted octanol–water partition coefficient (Wildman–Crippen LogP) is 1.76. The molecule has 1 atom stereocenters. The number of carbonyl (C=O) groups is 1. The standard InChI is InChI=1S/C5H7F3O5S.C4H10O/c1-2-3(4(9)10)13-14(11,12)5(6,7)8;1-3-5-4-2/h3H,2H2,1H3,(H,9,10);3-4H2,1-2H3. The molecule has 1 N–H and O–H groups in total. The average molecular weight is 310 g/mol. The Kier molecular flexibility index (Phi) is 9.79. The lowest BCUT2D eigenvalue weighted by molar-refractivity contribution is -0.145. The fourth-order valence-corrected chi connectivity index (χ4v) is 1.33. The first-order valence-electron chi connectivity index (χ1n) is 5.33. The molecular formula is C9H17F3O6S. The zero-order valence-corrected chi connectivity index (χ0v) is 11.5. The molecule has 0 radical (unpaired) electrons. The summed E-state index contributed by atoms with van der Waals surface area (Å²) in [6.07, 6.45) is -2.40. The maximum Gasteiger partial charge on any atom is 0.523 e. The summed E-state index contributed by atoms with van der Waals surface area (Å²) in [6, 6.07) is 0. The van der Waals surface area contributed by atoms with Gasteiger partial charge in [-0.15, -0.1) is 0 Å². The van der Waals surface area contributed by atoms with E-state index in [4.69, 9.17) is 9.84 Å². The fourth-order valence-electron chi connectivity index (χ4n) is 0.695. The molecule has 0 spiro atoms. The summed E-state index contributed by atoms with van der Waals surface area (Å²) in [4.78, 5) is 10.2. The Morgan fingerprint density at radius 3 is 1.79 bits per heavy atom. The second kappa shape index (κ2) is 9.10. The minimum absolute atomic E-state index is 0.384. The van der Waals surface area contributed by atoms with Crippen LogP contribution in [0.15, 0.2) is 0 Å². The summed E-state index contributed by atoms with van der Waals surface area (Å²) >= 11 is 0. The van der Waals surface area contributed by atoms with Crippen molar-refractivity contribution >= 4 is 16.1 Å². The third-order valence-electron chi connectivity index (χ3n) is 1.58. The van der Waals surface area contributed by atoms with E-state index >= 15 is 0 Å². The number of halogens is 3. The van der Waals surface area contributed by atoms with Gasteiger partial charge in [0.15, 0.2) is 6.10 Å². The van der Waals surface area contributed by atoms with E-state index in [0.717, 1.165) is 13.2 Å². The second-order valence-corrected chi connectivity index (χ2v) is 4.58. The van der Waals surface area contributed by atoms with Crippen molar-refractivity contribution in [1.29, 1.82) is 0 Å². The van der Waals surface area contributed by atoms with Gasteiger partial charge in [0.1, 0.15) is 0 Å². The molecule has 0 aromatic heterocycles. The minimum Gasteiger partial charge on any atom is -0.479 e. The molecule has 0 aromatic carbocycles. The zero-order valence-electron chi connectivity index (χ0n) is 10.7. The molecule has 0 aliphatic carbocycles. The van der Waals surface area contributed by atoms with Gasteiger partial charge in [-0.05, 0) is 20.3 Å². The van der Waals surface area contributed by atoms with Crippen LogP contribution in [-0.4, -0.2) is 44.3 Å². The van der Waals surface area contributed by atoms with Crippen LogP contribution in [0.3, 0.4) is 0 Å². The molecule has 19 heavy (non-hydrogen) atoms. The Hall–Kier alpha value is -0.870.